The maximum absolute atomic E-state index is 4.52. The van der Waals surface area contributed by atoms with E-state index in [2.05, 4.69) is 54.2 Å². The van der Waals surface area contributed by atoms with Crippen molar-refractivity contribution in [3.8, 4) is 0 Å². The Bertz CT molecular complexity index is 584. The Morgan fingerprint density at radius 1 is 1.40 bits per heavy atom. The molecule has 3 rings (SSSR count). The SMILES string of the molecule is Cc1nc2ccc(CN3CCNC(C)C3C)cc2s1.Cl. The lowest BCUT2D eigenvalue weighted by molar-refractivity contribution is 0.131. The molecular formula is C15H22ClN3S. The van der Waals surface area contributed by atoms with Gasteiger partial charge in [0.05, 0.1) is 15.2 Å². The average molecular weight is 312 g/mol. The molecule has 2 heterocycles. The fourth-order valence-corrected chi connectivity index (χ4v) is 3.66. The van der Waals surface area contributed by atoms with E-state index in [9.17, 15) is 0 Å². The normalized spacial score (nSPS) is 23.8. The first kappa shape index (κ1) is 15.7. The molecule has 0 spiro atoms. The summed E-state index contributed by atoms with van der Waals surface area (Å²) in [6.07, 6.45) is 0. The van der Waals surface area contributed by atoms with Gasteiger partial charge in [-0.3, -0.25) is 4.90 Å². The van der Waals surface area contributed by atoms with Crippen molar-refractivity contribution < 1.29 is 0 Å². The third-order valence-electron chi connectivity index (χ3n) is 4.11. The van der Waals surface area contributed by atoms with Crippen molar-refractivity contribution in [2.24, 2.45) is 0 Å². The molecule has 5 heteroatoms. The maximum atomic E-state index is 4.52. The van der Waals surface area contributed by atoms with E-state index >= 15 is 0 Å². The maximum Gasteiger partial charge on any atom is 0.0907 e. The topological polar surface area (TPSA) is 28.2 Å². The lowest BCUT2D eigenvalue weighted by Gasteiger charge is -2.38. The standard InChI is InChI=1S/C15H21N3S.ClH/c1-10-11(2)18(7-6-16-10)9-13-4-5-14-15(8-13)19-12(3)17-14;/h4-5,8,10-11,16H,6-7,9H2,1-3H3;1H. The molecule has 3 nitrogen and oxygen atoms in total. The molecule has 1 aromatic carbocycles. The van der Waals surface area contributed by atoms with Crippen molar-refractivity contribution in [3.63, 3.8) is 0 Å². The molecule has 20 heavy (non-hydrogen) atoms. The monoisotopic (exact) mass is 311 g/mol. The quantitative estimate of drug-likeness (QED) is 0.923. The molecule has 2 aromatic rings. The number of piperazine rings is 1. The van der Waals surface area contributed by atoms with E-state index in [1.807, 2.05) is 0 Å². The number of rotatable bonds is 2. The van der Waals surface area contributed by atoms with Crippen LogP contribution < -0.4 is 5.32 Å². The molecular weight excluding hydrogens is 290 g/mol. The number of thiazole rings is 1. The predicted molar refractivity (Wildman–Crippen MR) is 88.9 cm³/mol. The van der Waals surface area contributed by atoms with Crippen molar-refractivity contribution in [2.45, 2.75) is 39.4 Å². The summed E-state index contributed by atoms with van der Waals surface area (Å²) in [7, 11) is 0. The minimum atomic E-state index is 0. The van der Waals surface area contributed by atoms with Crippen molar-refractivity contribution in [2.75, 3.05) is 13.1 Å². The number of halogens is 1. The number of nitrogens with zero attached hydrogens (tertiary/aromatic N) is 2. The average Bonchev–Trinajstić information content (AvgIpc) is 2.74. The molecule has 1 fully saturated rings. The lowest BCUT2D eigenvalue weighted by Crippen LogP contribution is -2.54. The molecule has 1 aromatic heterocycles. The van der Waals surface area contributed by atoms with Crippen LogP contribution in [0.2, 0.25) is 0 Å². The van der Waals surface area contributed by atoms with Gasteiger partial charge in [0.2, 0.25) is 0 Å². The molecule has 110 valence electrons. The second kappa shape index (κ2) is 6.39. The summed E-state index contributed by atoms with van der Waals surface area (Å²) in [6.45, 7) is 9.92. The van der Waals surface area contributed by atoms with E-state index in [1.165, 1.54) is 10.3 Å². The van der Waals surface area contributed by atoms with Gasteiger partial charge in [-0.1, -0.05) is 6.07 Å². The summed E-state index contributed by atoms with van der Waals surface area (Å²) in [5.41, 5.74) is 2.53. The molecule has 0 radical (unpaired) electrons. The summed E-state index contributed by atoms with van der Waals surface area (Å²) < 4.78 is 1.31. The van der Waals surface area contributed by atoms with Gasteiger partial charge in [-0.05, 0) is 38.5 Å². The Morgan fingerprint density at radius 3 is 3.00 bits per heavy atom. The third-order valence-corrected chi connectivity index (χ3v) is 5.04. The van der Waals surface area contributed by atoms with Gasteiger partial charge in [0.15, 0.2) is 0 Å². The third kappa shape index (κ3) is 3.14. The summed E-state index contributed by atoms with van der Waals surface area (Å²) in [5.74, 6) is 0. The van der Waals surface area contributed by atoms with E-state index in [0.717, 1.165) is 30.2 Å². The van der Waals surface area contributed by atoms with Gasteiger partial charge >= 0.3 is 0 Å². The zero-order valence-electron chi connectivity index (χ0n) is 12.2. The van der Waals surface area contributed by atoms with Crippen LogP contribution in [0.15, 0.2) is 18.2 Å². The Labute approximate surface area is 130 Å². The molecule has 0 bridgehead atoms. The first-order valence-electron chi connectivity index (χ1n) is 6.97. The number of hydrogen-bond donors (Lipinski definition) is 1. The largest absolute Gasteiger partial charge is 0.311 e. The highest BCUT2D eigenvalue weighted by molar-refractivity contribution is 7.18. The van der Waals surface area contributed by atoms with Crippen LogP contribution >= 0.6 is 23.7 Å². The van der Waals surface area contributed by atoms with Gasteiger partial charge in [-0.25, -0.2) is 4.98 Å². The second-order valence-corrected chi connectivity index (χ2v) is 6.72. The van der Waals surface area contributed by atoms with E-state index in [4.69, 9.17) is 0 Å². The van der Waals surface area contributed by atoms with Crippen molar-refractivity contribution in [1.82, 2.24) is 15.2 Å². The first-order chi connectivity index (χ1) is 9.13. The van der Waals surface area contributed by atoms with Crippen LogP contribution in [-0.2, 0) is 6.54 Å². The zero-order valence-corrected chi connectivity index (χ0v) is 13.9. The number of benzene rings is 1. The first-order valence-corrected chi connectivity index (χ1v) is 7.78. The second-order valence-electron chi connectivity index (χ2n) is 5.49. The summed E-state index contributed by atoms with van der Waals surface area (Å²) in [4.78, 5) is 7.09. The highest BCUT2D eigenvalue weighted by Gasteiger charge is 2.24. The van der Waals surface area contributed by atoms with Gasteiger partial charge in [-0.2, -0.15) is 0 Å². The van der Waals surface area contributed by atoms with Crippen LogP contribution in [0.4, 0.5) is 0 Å². The highest BCUT2D eigenvalue weighted by atomic mass is 35.5. The highest BCUT2D eigenvalue weighted by Crippen LogP contribution is 2.24. The Balaban J connectivity index is 0.00000147. The van der Waals surface area contributed by atoms with Gasteiger partial charge < -0.3 is 5.32 Å². The summed E-state index contributed by atoms with van der Waals surface area (Å²) in [5, 5.41) is 4.68. The molecule has 1 aliphatic heterocycles. The molecule has 1 saturated heterocycles. The minimum absolute atomic E-state index is 0. The number of aryl methyl sites for hydroxylation is 1. The minimum Gasteiger partial charge on any atom is -0.311 e. The predicted octanol–water partition coefficient (Wildman–Crippen LogP) is 3.21. The Kier molecular flexibility index (Phi) is 5.02. The van der Waals surface area contributed by atoms with E-state index in [1.54, 1.807) is 11.3 Å². The number of aromatic nitrogens is 1. The molecule has 0 amide bonds. The lowest BCUT2D eigenvalue weighted by atomic mass is 10.1. The van der Waals surface area contributed by atoms with Crippen molar-refractivity contribution in [3.05, 3.63) is 28.8 Å². The number of hydrogen-bond acceptors (Lipinski definition) is 4. The fourth-order valence-electron chi connectivity index (χ4n) is 2.77. The van der Waals surface area contributed by atoms with Crippen LogP contribution in [-0.4, -0.2) is 35.1 Å². The molecule has 1 N–H and O–H groups in total. The molecule has 2 unspecified atom stereocenters. The Morgan fingerprint density at radius 2 is 2.20 bits per heavy atom. The fraction of sp³-hybridized carbons (Fsp3) is 0.533. The van der Waals surface area contributed by atoms with Crippen LogP contribution in [0.5, 0.6) is 0 Å². The molecule has 0 aliphatic carbocycles. The molecule has 2 atom stereocenters. The van der Waals surface area contributed by atoms with Crippen molar-refractivity contribution >= 4 is 34.0 Å². The summed E-state index contributed by atoms with van der Waals surface area (Å²) >= 11 is 1.79. The molecule has 0 saturated carbocycles. The van der Waals surface area contributed by atoms with Gasteiger partial charge in [0.25, 0.3) is 0 Å². The number of nitrogens with one attached hydrogen (secondary N) is 1. The van der Waals surface area contributed by atoms with Gasteiger partial charge in [0.1, 0.15) is 0 Å². The van der Waals surface area contributed by atoms with Crippen LogP contribution in [0.3, 0.4) is 0 Å². The van der Waals surface area contributed by atoms with Crippen molar-refractivity contribution in [1.29, 1.82) is 0 Å². The van der Waals surface area contributed by atoms with Crippen LogP contribution in [0.1, 0.15) is 24.4 Å². The number of fused-ring (bicyclic) bond motifs is 1. The van der Waals surface area contributed by atoms with Crippen LogP contribution in [0, 0.1) is 6.92 Å². The van der Waals surface area contributed by atoms with Gasteiger partial charge in [-0.15, -0.1) is 23.7 Å². The van der Waals surface area contributed by atoms with E-state index in [0.29, 0.717) is 12.1 Å². The van der Waals surface area contributed by atoms with Gasteiger partial charge in [0, 0.05) is 31.7 Å². The Hall–Kier alpha value is -0.680. The zero-order chi connectivity index (χ0) is 13.4. The van der Waals surface area contributed by atoms with E-state index in [-0.39, 0.29) is 12.4 Å². The molecule has 1 aliphatic rings. The van der Waals surface area contributed by atoms with Crippen LogP contribution in [0.25, 0.3) is 10.2 Å². The smallest absolute Gasteiger partial charge is 0.0907 e. The van der Waals surface area contributed by atoms with E-state index < -0.39 is 0 Å². The summed E-state index contributed by atoms with van der Waals surface area (Å²) in [6, 6.07) is 7.85.